The smallest absolute Gasteiger partial charge is 0.140 e. The lowest BCUT2D eigenvalue weighted by molar-refractivity contribution is 0.692. The van der Waals surface area contributed by atoms with Crippen molar-refractivity contribution in [3.63, 3.8) is 0 Å². The second kappa shape index (κ2) is 6.30. The van der Waals surface area contributed by atoms with Gasteiger partial charge in [-0.2, -0.15) is 10.5 Å². The van der Waals surface area contributed by atoms with Gasteiger partial charge >= 0.3 is 0 Å². The second-order valence-electron chi connectivity index (χ2n) is 4.07. The monoisotopic (exact) mass is 248 g/mol. The number of nitrogens with zero attached hydrogens (tertiary/aromatic N) is 3. The van der Waals surface area contributed by atoms with E-state index >= 15 is 0 Å². The number of pyridine rings is 1. The van der Waals surface area contributed by atoms with E-state index in [9.17, 15) is 0 Å². The number of nitrogens with one attached hydrogen (secondary N) is 1. The van der Waals surface area contributed by atoms with Crippen LogP contribution >= 0.6 is 0 Å². The minimum Gasteiger partial charge on any atom is -0.309 e. The van der Waals surface area contributed by atoms with E-state index in [-0.39, 0.29) is 0 Å². The van der Waals surface area contributed by atoms with Crippen molar-refractivity contribution in [3.05, 3.63) is 65.0 Å². The van der Waals surface area contributed by atoms with Crippen molar-refractivity contribution in [2.45, 2.75) is 13.1 Å². The first-order valence-corrected chi connectivity index (χ1v) is 5.86. The number of nitriles is 2. The summed E-state index contributed by atoms with van der Waals surface area (Å²) in [7, 11) is 0. The van der Waals surface area contributed by atoms with Gasteiger partial charge in [-0.15, -0.1) is 0 Å². The Hall–Kier alpha value is -2.69. The Morgan fingerprint density at radius 1 is 0.947 bits per heavy atom. The molecule has 0 saturated carbocycles. The first-order valence-electron chi connectivity index (χ1n) is 5.86. The van der Waals surface area contributed by atoms with E-state index in [1.807, 2.05) is 24.3 Å². The fourth-order valence-corrected chi connectivity index (χ4v) is 1.69. The number of aromatic nitrogens is 1. The maximum atomic E-state index is 8.76. The van der Waals surface area contributed by atoms with Crippen LogP contribution in [-0.4, -0.2) is 4.98 Å². The molecule has 0 saturated heterocycles. The Balaban J connectivity index is 1.89. The van der Waals surface area contributed by atoms with Gasteiger partial charge in [0, 0.05) is 19.3 Å². The number of hydrogen-bond acceptors (Lipinski definition) is 4. The zero-order valence-corrected chi connectivity index (χ0v) is 10.3. The van der Waals surface area contributed by atoms with Crippen LogP contribution in [0, 0.1) is 22.7 Å². The lowest BCUT2D eigenvalue weighted by Gasteiger charge is -2.05. The molecular formula is C15H12N4. The highest BCUT2D eigenvalue weighted by Gasteiger charge is 1.97. The van der Waals surface area contributed by atoms with Crippen molar-refractivity contribution in [1.82, 2.24) is 10.3 Å². The predicted molar refractivity (Wildman–Crippen MR) is 70.7 cm³/mol. The van der Waals surface area contributed by atoms with Crippen LogP contribution in [0.15, 0.2) is 42.6 Å². The van der Waals surface area contributed by atoms with Crippen LogP contribution < -0.4 is 5.32 Å². The second-order valence-corrected chi connectivity index (χ2v) is 4.07. The fourth-order valence-electron chi connectivity index (χ4n) is 1.69. The van der Waals surface area contributed by atoms with E-state index in [4.69, 9.17) is 10.5 Å². The molecule has 0 aliphatic heterocycles. The SMILES string of the molecule is N#Cc1ccc(CNCc2ccnc(C#N)c2)cc1. The largest absolute Gasteiger partial charge is 0.309 e. The zero-order valence-electron chi connectivity index (χ0n) is 10.3. The summed E-state index contributed by atoms with van der Waals surface area (Å²) in [5.41, 5.74) is 3.24. The molecule has 2 aromatic rings. The minimum atomic E-state index is 0.428. The van der Waals surface area contributed by atoms with Gasteiger partial charge in [0.25, 0.3) is 0 Å². The third-order valence-electron chi connectivity index (χ3n) is 2.68. The number of benzene rings is 1. The standard InChI is InChI=1S/C15H12N4/c16-8-12-1-3-13(4-2-12)10-18-11-14-5-6-19-15(7-14)9-17/h1-7,18H,10-11H2. The van der Waals surface area contributed by atoms with Crippen LogP contribution in [0.2, 0.25) is 0 Å². The molecule has 0 radical (unpaired) electrons. The Labute approximate surface area is 112 Å². The van der Waals surface area contributed by atoms with Crippen molar-refractivity contribution < 1.29 is 0 Å². The Morgan fingerprint density at radius 2 is 1.68 bits per heavy atom. The van der Waals surface area contributed by atoms with E-state index in [1.54, 1.807) is 24.4 Å². The summed E-state index contributed by atoms with van der Waals surface area (Å²) >= 11 is 0. The van der Waals surface area contributed by atoms with Gasteiger partial charge < -0.3 is 5.32 Å². The zero-order chi connectivity index (χ0) is 13.5. The molecule has 4 nitrogen and oxygen atoms in total. The van der Waals surface area contributed by atoms with Gasteiger partial charge in [0.05, 0.1) is 11.6 Å². The molecule has 2 rings (SSSR count). The Kier molecular flexibility index (Phi) is 4.23. The van der Waals surface area contributed by atoms with Crippen molar-refractivity contribution in [3.8, 4) is 12.1 Å². The average molecular weight is 248 g/mol. The number of hydrogen-bond donors (Lipinski definition) is 1. The summed E-state index contributed by atoms with van der Waals surface area (Å²) < 4.78 is 0. The van der Waals surface area contributed by atoms with E-state index in [1.165, 1.54) is 0 Å². The molecule has 0 unspecified atom stereocenters. The summed E-state index contributed by atoms with van der Waals surface area (Å²) in [6.45, 7) is 1.40. The van der Waals surface area contributed by atoms with Crippen LogP contribution in [0.1, 0.15) is 22.4 Å². The third kappa shape index (κ3) is 3.64. The molecule has 19 heavy (non-hydrogen) atoms. The quantitative estimate of drug-likeness (QED) is 0.899. The number of rotatable bonds is 4. The topological polar surface area (TPSA) is 72.5 Å². The van der Waals surface area contributed by atoms with E-state index < -0.39 is 0 Å². The van der Waals surface area contributed by atoms with Crippen molar-refractivity contribution >= 4 is 0 Å². The molecule has 0 bridgehead atoms. The van der Waals surface area contributed by atoms with Gasteiger partial charge in [0.15, 0.2) is 0 Å². The van der Waals surface area contributed by atoms with Crippen molar-refractivity contribution in [2.75, 3.05) is 0 Å². The summed E-state index contributed by atoms with van der Waals surface area (Å²) in [6.07, 6.45) is 1.64. The molecule has 92 valence electrons. The predicted octanol–water partition coefficient (Wildman–Crippen LogP) is 2.11. The molecule has 1 aromatic carbocycles. The van der Waals surface area contributed by atoms with Crippen LogP contribution in [0.25, 0.3) is 0 Å². The normalized spacial score (nSPS) is 9.58. The third-order valence-corrected chi connectivity index (χ3v) is 2.68. The molecular weight excluding hydrogens is 236 g/mol. The Bertz CT molecular complexity index is 632. The molecule has 0 amide bonds. The highest BCUT2D eigenvalue weighted by atomic mass is 14.8. The maximum Gasteiger partial charge on any atom is 0.140 e. The fraction of sp³-hybridized carbons (Fsp3) is 0.133. The molecule has 0 spiro atoms. The summed E-state index contributed by atoms with van der Waals surface area (Å²) in [4.78, 5) is 3.92. The molecule has 1 heterocycles. The van der Waals surface area contributed by atoms with Gasteiger partial charge in [-0.25, -0.2) is 4.98 Å². The average Bonchev–Trinajstić information content (AvgIpc) is 2.48. The van der Waals surface area contributed by atoms with Gasteiger partial charge in [-0.1, -0.05) is 12.1 Å². The van der Waals surface area contributed by atoms with Crippen LogP contribution in [0.4, 0.5) is 0 Å². The first-order chi connectivity index (χ1) is 9.31. The van der Waals surface area contributed by atoms with Crippen LogP contribution in [0.3, 0.4) is 0 Å². The summed E-state index contributed by atoms with van der Waals surface area (Å²) in [5, 5.41) is 20.7. The molecule has 1 aromatic heterocycles. The molecule has 0 fully saturated rings. The summed E-state index contributed by atoms with van der Waals surface area (Å²) in [6, 6.07) is 15.2. The highest BCUT2D eigenvalue weighted by Crippen LogP contribution is 2.04. The maximum absolute atomic E-state index is 8.76. The van der Waals surface area contributed by atoms with Crippen LogP contribution in [-0.2, 0) is 13.1 Å². The minimum absolute atomic E-state index is 0.428. The lowest BCUT2D eigenvalue weighted by Crippen LogP contribution is -2.12. The summed E-state index contributed by atoms with van der Waals surface area (Å²) in [5.74, 6) is 0. The molecule has 4 heteroatoms. The van der Waals surface area contributed by atoms with Crippen molar-refractivity contribution in [2.24, 2.45) is 0 Å². The van der Waals surface area contributed by atoms with Gasteiger partial charge in [-0.05, 0) is 35.4 Å². The van der Waals surface area contributed by atoms with Gasteiger partial charge in [0.2, 0.25) is 0 Å². The molecule has 0 aliphatic rings. The Morgan fingerprint density at radius 3 is 2.37 bits per heavy atom. The van der Waals surface area contributed by atoms with E-state index in [0.29, 0.717) is 17.8 Å². The lowest BCUT2D eigenvalue weighted by atomic mass is 10.1. The first kappa shape index (κ1) is 12.8. The van der Waals surface area contributed by atoms with Crippen LogP contribution in [0.5, 0.6) is 0 Å². The molecule has 1 N–H and O–H groups in total. The highest BCUT2D eigenvalue weighted by molar-refractivity contribution is 5.31. The molecule has 0 aliphatic carbocycles. The van der Waals surface area contributed by atoms with Gasteiger partial charge in [-0.3, -0.25) is 0 Å². The van der Waals surface area contributed by atoms with Gasteiger partial charge in [0.1, 0.15) is 11.8 Å². The van der Waals surface area contributed by atoms with E-state index in [2.05, 4.69) is 16.4 Å². The molecule has 0 atom stereocenters. The van der Waals surface area contributed by atoms with E-state index in [0.717, 1.165) is 17.7 Å². The van der Waals surface area contributed by atoms with Crippen molar-refractivity contribution in [1.29, 1.82) is 10.5 Å².